The van der Waals surface area contributed by atoms with Crippen molar-refractivity contribution >= 4 is 5.97 Å². The first kappa shape index (κ1) is 20.6. The molecule has 5 nitrogen and oxygen atoms in total. The number of carboxylic acids is 1. The van der Waals surface area contributed by atoms with Gasteiger partial charge in [0.05, 0.1) is 19.1 Å². The van der Waals surface area contributed by atoms with Gasteiger partial charge >= 0.3 is 5.97 Å². The van der Waals surface area contributed by atoms with Crippen LogP contribution in [0.1, 0.15) is 29.7 Å². The fourth-order valence-electron chi connectivity index (χ4n) is 3.53. The van der Waals surface area contributed by atoms with Crippen molar-refractivity contribution < 1.29 is 14.6 Å². The molecule has 0 aliphatic heterocycles. The summed E-state index contributed by atoms with van der Waals surface area (Å²) in [5, 5.41) is 9.82. The lowest BCUT2D eigenvalue weighted by molar-refractivity contribution is -0.144. The van der Waals surface area contributed by atoms with E-state index in [1.165, 1.54) is 0 Å². The molecule has 1 aromatic heterocycles. The maximum absolute atomic E-state index is 12.0. The summed E-state index contributed by atoms with van der Waals surface area (Å²) in [7, 11) is 1.57. The summed E-state index contributed by atoms with van der Waals surface area (Å²) in [6.45, 7) is 3.01. The molecule has 0 amide bonds. The molecule has 0 aliphatic carbocycles. The van der Waals surface area contributed by atoms with Crippen LogP contribution < -0.4 is 4.74 Å². The largest absolute Gasteiger partial charge is 0.481 e. The molecule has 0 saturated carbocycles. The maximum Gasteiger partial charge on any atom is 0.308 e. The van der Waals surface area contributed by atoms with Crippen molar-refractivity contribution in [1.29, 1.82) is 0 Å². The van der Waals surface area contributed by atoms with E-state index in [2.05, 4.69) is 34.1 Å². The zero-order chi connectivity index (χ0) is 20.6. The second kappa shape index (κ2) is 9.85. The van der Waals surface area contributed by atoms with E-state index >= 15 is 0 Å². The van der Waals surface area contributed by atoms with Gasteiger partial charge in [-0.1, -0.05) is 73.7 Å². The normalized spacial score (nSPS) is 13.1. The van der Waals surface area contributed by atoms with E-state index < -0.39 is 11.9 Å². The molecule has 1 N–H and O–H groups in total. The summed E-state index contributed by atoms with van der Waals surface area (Å²) >= 11 is 0. The van der Waals surface area contributed by atoms with Gasteiger partial charge in [0, 0.05) is 25.4 Å². The summed E-state index contributed by atoms with van der Waals surface area (Å²) < 4.78 is 5.17. The third-order valence-electron chi connectivity index (χ3n) is 5.02. The van der Waals surface area contributed by atoms with Crippen LogP contribution in [0.2, 0.25) is 0 Å². The molecule has 1 heterocycles. The van der Waals surface area contributed by atoms with E-state index in [-0.39, 0.29) is 6.04 Å². The predicted octanol–water partition coefficient (Wildman–Crippen LogP) is 4.55. The van der Waals surface area contributed by atoms with Crippen molar-refractivity contribution in [1.82, 2.24) is 9.88 Å². The standard InChI is InChI=1S/C24H26N2O3/c1-18(24(27)28)23(21-13-14-22(29-2)25-15-21)26(16-19-9-5-3-6-10-19)17-20-11-7-4-8-12-20/h3-15,18,23H,16-17H2,1-2H3,(H,27,28)/t18-,23+/m1/s1. The molecule has 3 rings (SSSR count). The average Bonchev–Trinajstić information content (AvgIpc) is 2.75. The van der Waals surface area contributed by atoms with Gasteiger partial charge in [0.1, 0.15) is 0 Å². The molecule has 0 fully saturated rings. The van der Waals surface area contributed by atoms with Crippen LogP contribution in [-0.2, 0) is 17.9 Å². The summed E-state index contributed by atoms with van der Waals surface area (Å²) in [5.41, 5.74) is 3.12. The number of aromatic nitrogens is 1. The van der Waals surface area contributed by atoms with Crippen LogP contribution >= 0.6 is 0 Å². The number of carboxylic acid groups (broad SMARTS) is 1. The van der Waals surface area contributed by atoms with Crippen LogP contribution in [-0.4, -0.2) is 28.1 Å². The minimum Gasteiger partial charge on any atom is -0.481 e. The lowest BCUT2D eigenvalue weighted by Gasteiger charge is -2.34. The zero-order valence-corrected chi connectivity index (χ0v) is 16.7. The maximum atomic E-state index is 12.0. The van der Waals surface area contributed by atoms with E-state index in [9.17, 15) is 9.90 Å². The molecule has 0 spiro atoms. The zero-order valence-electron chi connectivity index (χ0n) is 16.7. The first-order valence-electron chi connectivity index (χ1n) is 9.63. The van der Waals surface area contributed by atoms with Crippen LogP contribution in [0.25, 0.3) is 0 Å². The Balaban J connectivity index is 2.00. The molecule has 0 aliphatic rings. The van der Waals surface area contributed by atoms with Crippen molar-refractivity contribution in [3.63, 3.8) is 0 Å². The Bertz CT molecular complexity index is 857. The van der Waals surface area contributed by atoms with Gasteiger partial charge < -0.3 is 9.84 Å². The first-order valence-corrected chi connectivity index (χ1v) is 9.63. The van der Waals surface area contributed by atoms with Crippen LogP contribution in [0.4, 0.5) is 0 Å². The summed E-state index contributed by atoms with van der Waals surface area (Å²) in [5.74, 6) is -0.942. The Morgan fingerprint density at radius 2 is 1.52 bits per heavy atom. The number of pyridine rings is 1. The molecule has 2 atom stereocenters. The Morgan fingerprint density at radius 3 is 1.93 bits per heavy atom. The van der Waals surface area contributed by atoms with Gasteiger partial charge in [0.15, 0.2) is 0 Å². The summed E-state index contributed by atoms with van der Waals surface area (Å²) in [6, 6.07) is 23.6. The second-order valence-corrected chi connectivity index (χ2v) is 7.08. The number of rotatable bonds is 9. The third kappa shape index (κ3) is 5.42. The van der Waals surface area contributed by atoms with Gasteiger partial charge in [0.25, 0.3) is 0 Å². The highest BCUT2D eigenvalue weighted by Gasteiger charge is 2.31. The molecule has 0 unspecified atom stereocenters. The topological polar surface area (TPSA) is 62.7 Å². The highest BCUT2D eigenvalue weighted by Crippen LogP contribution is 2.32. The highest BCUT2D eigenvalue weighted by molar-refractivity contribution is 5.70. The van der Waals surface area contributed by atoms with Gasteiger partial charge in [-0.05, 0) is 16.7 Å². The molecular formula is C24H26N2O3. The number of aliphatic carboxylic acids is 1. The fourth-order valence-corrected chi connectivity index (χ4v) is 3.53. The third-order valence-corrected chi connectivity index (χ3v) is 5.02. The van der Waals surface area contributed by atoms with Crippen molar-refractivity contribution in [3.8, 4) is 5.88 Å². The number of hydrogen-bond donors (Lipinski definition) is 1. The van der Waals surface area contributed by atoms with Crippen molar-refractivity contribution in [2.75, 3.05) is 7.11 Å². The molecule has 0 saturated heterocycles. The number of methoxy groups -OCH3 is 1. The molecular weight excluding hydrogens is 364 g/mol. The van der Waals surface area contributed by atoms with Gasteiger partial charge in [0.2, 0.25) is 5.88 Å². The average molecular weight is 390 g/mol. The number of nitrogens with zero attached hydrogens (tertiary/aromatic N) is 2. The molecule has 2 aromatic carbocycles. The van der Waals surface area contributed by atoms with Gasteiger partial charge in [-0.15, -0.1) is 0 Å². The van der Waals surface area contributed by atoms with Gasteiger partial charge in [-0.2, -0.15) is 0 Å². The van der Waals surface area contributed by atoms with Crippen LogP contribution in [0, 0.1) is 5.92 Å². The number of benzene rings is 2. The van der Waals surface area contributed by atoms with E-state index in [1.54, 1.807) is 26.3 Å². The molecule has 3 aromatic rings. The van der Waals surface area contributed by atoms with E-state index in [0.717, 1.165) is 16.7 Å². The Morgan fingerprint density at radius 1 is 0.966 bits per heavy atom. The Kier molecular flexibility index (Phi) is 6.98. The van der Waals surface area contributed by atoms with Crippen molar-refractivity contribution in [3.05, 3.63) is 95.7 Å². The minimum atomic E-state index is -0.836. The number of carbonyl (C=O) groups is 1. The molecule has 0 bridgehead atoms. The number of hydrogen-bond acceptors (Lipinski definition) is 4. The summed E-state index contributed by atoms with van der Waals surface area (Å²) in [4.78, 5) is 18.5. The van der Waals surface area contributed by atoms with Crippen LogP contribution in [0.15, 0.2) is 79.0 Å². The van der Waals surface area contributed by atoms with E-state index in [1.807, 2.05) is 42.5 Å². The predicted molar refractivity (Wildman–Crippen MR) is 112 cm³/mol. The lowest BCUT2D eigenvalue weighted by atomic mass is 9.93. The van der Waals surface area contributed by atoms with Gasteiger partial charge in [-0.3, -0.25) is 9.69 Å². The smallest absolute Gasteiger partial charge is 0.308 e. The second-order valence-electron chi connectivity index (χ2n) is 7.08. The quantitative estimate of drug-likeness (QED) is 0.581. The molecule has 5 heteroatoms. The Hall–Kier alpha value is -3.18. The van der Waals surface area contributed by atoms with E-state index in [4.69, 9.17) is 4.74 Å². The Labute approximate surface area is 171 Å². The monoisotopic (exact) mass is 390 g/mol. The van der Waals surface area contributed by atoms with Crippen LogP contribution in [0.5, 0.6) is 5.88 Å². The van der Waals surface area contributed by atoms with Crippen molar-refractivity contribution in [2.45, 2.75) is 26.1 Å². The first-order chi connectivity index (χ1) is 14.1. The van der Waals surface area contributed by atoms with Crippen LogP contribution in [0.3, 0.4) is 0 Å². The molecule has 0 radical (unpaired) electrons. The minimum absolute atomic E-state index is 0.341. The molecule has 29 heavy (non-hydrogen) atoms. The lowest BCUT2D eigenvalue weighted by Crippen LogP contribution is -2.35. The summed E-state index contributed by atoms with van der Waals surface area (Å²) in [6.07, 6.45) is 1.71. The van der Waals surface area contributed by atoms with E-state index in [0.29, 0.717) is 19.0 Å². The highest BCUT2D eigenvalue weighted by atomic mass is 16.5. The SMILES string of the molecule is COc1ccc([C@H]([C@@H](C)C(=O)O)N(Cc2ccccc2)Cc2ccccc2)cn1. The fraction of sp³-hybridized carbons (Fsp3) is 0.250. The van der Waals surface area contributed by atoms with Crippen molar-refractivity contribution in [2.24, 2.45) is 5.92 Å². The molecule has 150 valence electrons. The number of ether oxygens (including phenoxy) is 1. The van der Waals surface area contributed by atoms with Gasteiger partial charge in [-0.25, -0.2) is 4.98 Å².